The molecule has 0 bridgehead atoms. The van der Waals surface area contributed by atoms with Crippen LogP contribution < -0.4 is 5.32 Å². The summed E-state index contributed by atoms with van der Waals surface area (Å²) in [7, 11) is 0. The number of carbonyl (C=O) groups is 1. The Bertz CT molecular complexity index is 644. The molecule has 0 saturated carbocycles. The number of nitrogens with zero attached hydrogens (tertiary/aromatic N) is 2. The van der Waals surface area contributed by atoms with Crippen LogP contribution in [-0.4, -0.2) is 21.2 Å². The molecule has 19 heavy (non-hydrogen) atoms. The highest BCUT2D eigenvalue weighted by molar-refractivity contribution is 6.32. The second-order valence-electron chi connectivity index (χ2n) is 4.11. The highest BCUT2D eigenvalue weighted by atomic mass is 35.5. The number of phenolic OH excluding ortho intramolecular Hbond substituents is 1. The molecule has 98 valence electrons. The van der Waals surface area contributed by atoms with Gasteiger partial charge in [0.25, 0.3) is 5.91 Å². The van der Waals surface area contributed by atoms with Crippen molar-refractivity contribution in [3.05, 3.63) is 46.2 Å². The summed E-state index contributed by atoms with van der Waals surface area (Å²) in [5.74, 6) is -0.391. The summed E-state index contributed by atoms with van der Waals surface area (Å²) in [6.07, 6.45) is 0. The fourth-order valence-corrected chi connectivity index (χ4v) is 1.69. The Labute approximate surface area is 115 Å². The minimum Gasteiger partial charge on any atom is -0.506 e. The third-order valence-electron chi connectivity index (χ3n) is 2.55. The molecular weight excluding hydrogens is 266 g/mol. The molecule has 0 fully saturated rings. The number of hydrogen-bond acceptors (Lipinski definition) is 4. The first-order valence-corrected chi connectivity index (χ1v) is 5.96. The molecule has 0 radical (unpaired) electrons. The van der Waals surface area contributed by atoms with Crippen LogP contribution in [0.3, 0.4) is 0 Å². The van der Waals surface area contributed by atoms with E-state index in [0.29, 0.717) is 22.6 Å². The van der Waals surface area contributed by atoms with E-state index >= 15 is 0 Å². The number of halogens is 1. The van der Waals surface area contributed by atoms with Crippen molar-refractivity contribution in [2.45, 2.75) is 13.8 Å². The third-order valence-corrected chi connectivity index (χ3v) is 2.87. The van der Waals surface area contributed by atoms with Crippen LogP contribution in [0.2, 0.25) is 5.02 Å². The average Bonchev–Trinajstić information content (AvgIpc) is 2.36. The van der Waals surface area contributed by atoms with Gasteiger partial charge in [-0.15, -0.1) is 0 Å². The Morgan fingerprint density at radius 1 is 1.26 bits per heavy atom. The number of hydrogen-bond donors (Lipinski definition) is 2. The summed E-state index contributed by atoms with van der Waals surface area (Å²) in [5.41, 5.74) is 2.11. The maximum atomic E-state index is 12.1. The minimum atomic E-state index is -0.308. The number of amides is 1. The van der Waals surface area contributed by atoms with Gasteiger partial charge in [0.05, 0.1) is 22.0 Å². The van der Waals surface area contributed by atoms with E-state index in [-0.39, 0.29) is 16.7 Å². The van der Waals surface area contributed by atoms with Crippen LogP contribution >= 0.6 is 11.6 Å². The number of anilines is 1. The second kappa shape index (κ2) is 5.24. The summed E-state index contributed by atoms with van der Waals surface area (Å²) in [6, 6.07) is 6.16. The van der Waals surface area contributed by atoms with Gasteiger partial charge in [-0.3, -0.25) is 4.79 Å². The highest BCUT2D eigenvalue weighted by Crippen LogP contribution is 2.26. The fraction of sp³-hybridized carbons (Fsp3) is 0.154. The molecule has 0 aliphatic heterocycles. The lowest BCUT2D eigenvalue weighted by molar-refractivity contribution is 0.102. The van der Waals surface area contributed by atoms with Crippen molar-refractivity contribution in [2.75, 3.05) is 5.32 Å². The first-order valence-electron chi connectivity index (χ1n) is 5.58. The Morgan fingerprint density at radius 2 is 2.00 bits per heavy atom. The van der Waals surface area contributed by atoms with Gasteiger partial charge in [0.2, 0.25) is 0 Å². The Kier molecular flexibility index (Phi) is 3.66. The summed E-state index contributed by atoms with van der Waals surface area (Å²) < 4.78 is 0. The predicted octanol–water partition coefficient (Wildman–Crippen LogP) is 2.70. The molecule has 6 heteroatoms. The van der Waals surface area contributed by atoms with Crippen molar-refractivity contribution in [3.63, 3.8) is 0 Å². The zero-order valence-corrected chi connectivity index (χ0v) is 11.2. The van der Waals surface area contributed by atoms with Crippen molar-refractivity contribution in [1.29, 1.82) is 0 Å². The topological polar surface area (TPSA) is 75.1 Å². The Hall–Kier alpha value is -2.14. The number of aromatic hydroxyl groups is 1. The minimum absolute atomic E-state index is 0.0831. The average molecular weight is 278 g/mol. The molecule has 1 aromatic carbocycles. The summed E-state index contributed by atoms with van der Waals surface area (Å²) in [5, 5.41) is 20.1. The largest absolute Gasteiger partial charge is 0.506 e. The molecule has 0 saturated heterocycles. The van der Waals surface area contributed by atoms with E-state index in [1.165, 1.54) is 12.1 Å². The summed E-state index contributed by atoms with van der Waals surface area (Å²) in [6.45, 7) is 3.47. The number of aryl methyl sites for hydroxylation is 2. The van der Waals surface area contributed by atoms with Gasteiger partial charge < -0.3 is 10.4 Å². The van der Waals surface area contributed by atoms with E-state index in [1.54, 1.807) is 26.0 Å². The molecule has 1 aromatic heterocycles. The quantitative estimate of drug-likeness (QED) is 0.885. The monoisotopic (exact) mass is 277 g/mol. The normalized spacial score (nSPS) is 10.3. The van der Waals surface area contributed by atoms with Gasteiger partial charge in [-0.1, -0.05) is 11.6 Å². The molecule has 0 aliphatic rings. The maximum Gasteiger partial charge on any atom is 0.257 e. The van der Waals surface area contributed by atoms with E-state index < -0.39 is 0 Å². The van der Waals surface area contributed by atoms with Crippen molar-refractivity contribution >= 4 is 23.2 Å². The zero-order chi connectivity index (χ0) is 14.0. The molecule has 0 spiro atoms. The van der Waals surface area contributed by atoms with Gasteiger partial charge in [0, 0.05) is 11.8 Å². The van der Waals surface area contributed by atoms with Gasteiger partial charge in [-0.05, 0) is 32.0 Å². The SMILES string of the molecule is Cc1cc(C(=O)Nc2ccc(Cl)c(O)c2)c(C)nn1. The zero-order valence-electron chi connectivity index (χ0n) is 10.4. The first-order chi connectivity index (χ1) is 8.97. The summed E-state index contributed by atoms with van der Waals surface area (Å²) >= 11 is 5.70. The van der Waals surface area contributed by atoms with Gasteiger partial charge in [0.15, 0.2) is 0 Å². The van der Waals surface area contributed by atoms with Crippen LogP contribution in [0.15, 0.2) is 24.3 Å². The molecule has 0 unspecified atom stereocenters. The van der Waals surface area contributed by atoms with E-state index in [2.05, 4.69) is 15.5 Å². The van der Waals surface area contributed by atoms with Crippen LogP contribution in [0, 0.1) is 13.8 Å². The molecule has 1 heterocycles. The lowest BCUT2D eigenvalue weighted by Gasteiger charge is -2.08. The predicted molar refractivity (Wildman–Crippen MR) is 72.6 cm³/mol. The van der Waals surface area contributed by atoms with Gasteiger partial charge in [0.1, 0.15) is 5.75 Å². The number of nitrogens with one attached hydrogen (secondary N) is 1. The number of benzene rings is 1. The maximum absolute atomic E-state index is 12.1. The van der Waals surface area contributed by atoms with E-state index in [4.69, 9.17) is 11.6 Å². The first kappa shape index (κ1) is 13.3. The van der Waals surface area contributed by atoms with Crippen molar-refractivity contribution in [1.82, 2.24) is 10.2 Å². The molecule has 2 rings (SSSR count). The highest BCUT2D eigenvalue weighted by Gasteiger charge is 2.12. The van der Waals surface area contributed by atoms with Gasteiger partial charge in [-0.25, -0.2) is 0 Å². The molecule has 5 nitrogen and oxygen atoms in total. The molecule has 2 N–H and O–H groups in total. The number of carbonyl (C=O) groups excluding carboxylic acids is 1. The van der Waals surface area contributed by atoms with E-state index in [9.17, 15) is 9.90 Å². The standard InChI is InChI=1S/C13H12ClN3O2/c1-7-5-10(8(2)17-16-7)13(19)15-9-3-4-11(14)12(18)6-9/h3-6,18H,1-2H3,(H,15,19). The number of rotatable bonds is 2. The molecule has 0 atom stereocenters. The van der Waals surface area contributed by atoms with E-state index in [1.807, 2.05) is 0 Å². The summed E-state index contributed by atoms with van der Waals surface area (Å²) in [4.78, 5) is 12.1. The Morgan fingerprint density at radius 3 is 2.68 bits per heavy atom. The van der Waals surface area contributed by atoms with Gasteiger partial charge in [-0.2, -0.15) is 10.2 Å². The van der Waals surface area contributed by atoms with Crippen LogP contribution in [0.1, 0.15) is 21.7 Å². The number of phenols is 1. The van der Waals surface area contributed by atoms with Crippen LogP contribution in [-0.2, 0) is 0 Å². The van der Waals surface area contributed by atoms with E-state index in [0.717, 1.165) is 0 Å². The van der Waals surface area contributed by atoms with Crippen molar-refractivity contribution in [2.24, 2.45) is 0 Å². The Balaban J connectivity index is 2.25. The lowest BCUT2D eigenvalue weighted by Crippen LogP contribution is -2.15. The number of aromatic nitrogens is 2. The van der Waals surface area contributed by atoms with Crippen molar-refractivity contribution < 1.29 is 9.90 Å². The van der Waals surface area contributed by atoms with Crippen LogP contribution in [0.5, 0.6) is 5.75 Å². The third kappa shape index (κ3) is 3.00. The van der Waals surface area contributed by atoms with Crippen molar-refractivity contribution in [3.8, 4) is 5.75 Å². The smallest absolute Gasteiger partial charge is 0.257 e. The van der Waals surface area contributed by atoms with Crippen LogP contribution in [0.4, 0.5) is 5.69 Å². The second-order valence-corrected chi connectivity index (χ2v) is 4.51. The molecule has 0 aliphatic carbocycles. The molecule has 2 aromatic rings. The lowest BCUT2D eigenvalue weighted by atomic mass is 10.2. The van der Waals surface area contributed by atoms with Crippen LogP contribution in [0.25, 0.3) is 0 Å². The molecular formula is C13H12ClN3O2. The fourth-order valence-electron chi connectivity index (χ4n) is 1.57. The van der Waals surface area contributed by atoms with Gasteiger partial charge >= 0.3 is 0 Å². The molecule has 1 amide bonds.